The minimum Gasteiger partial charge on any atom is -0.410 e. The summed E-state index contributed by atoms with van der Waals surface area (Å²) in [6, 6.07) is 0.663. The van der Waals surface area contributed by atoms with E-state index in [2.05, 4.69) is 12.2 Å². The molecular weight excluding hydrogens is 156 g/mol. The molecule has 0 heterocycles. The lowest BCUT2D eigenvalue weighted by Gasteiger charge is -2.16. The summed E-state index contributed by atoms with van der Waals surface area (Å²) in [6.45, 7) is 0. The van der Waals surface area contributed by atoms with E-state index in [1.54, 1.807) is 0 Å². The number of allylic oxidation sites excluding steroid dienone is 2. The maximum Gasteiger partial charge on any atom is 0.379 e. The second kappa shape index (κ2) is 2.73. The van der Waals surface area contributed by atoms with Crippen molar-refractivity contribution in [2.24, 2.45) is 17.8 Å². The van der Waals surface area contributed by atoms with Crippen LogP contribution in [0.4, 0.5) is 0 Å². The molecule has 3 atom stereocenters. The molecule has 2 aliphatic carbocycles. The summed E-state index contributed by atoms with van der Waals surface area (Å²) in [5, 5.41) is 0. The Morgan fingerprint density at radius 2 is 2.09 bits per heavy atom. The number of rotatable bonds is 2. The Morgan fingerprint density at radius 1 is 1.27 bits per heavy atom. The SMILES string of the molecule is O[Si](O)CC1CC2C=CC1C2. The van der Waals surface area contributed by atoms with Gasteiger partial charge in [-0.2, -0.15) is 0 Å². The van der Waals surface area contributed by atoms with Crippen molar-refractivity contribution in [2.45, 2.75) is 18.9 Å². The van der Waals surface area contributed by atoms with Crippen molar-refractivity contribution < 1.29 is 9.59 Å². The van der Waals surface area contributed by atoms with E-state index in [1.807, 2.05) is 0 Å². The highest BCUT2D eigenvalue weighted by Gasteiger charge is 2.36. The molecule has 3 heteroatoms. The zero-order chi connectivity index (χ0) is 7.84. The van der Waals surface area contributed by atoms with E-state index in [4.69, 9.17) is 9.59 Å². The molecule has 1 saturated carbocycles. The molecule has 2 aliphatic rings. The van der Waals surface area contributed by atoms with Crippen molar-refractivity contribution in [1.29, 1.82) is 0 Å². The summed E-state index contributed by atoms with van der Waals surface area (Å²) in [6.07, 6.45) is 6.99. The van der Waals surface area contributed by atoms with E-state index >= 15 is 0 Å². The van der Waals surface area contributed by atoms with Crippen molar-refractivity contribution >= 4 is 9.28 Å². The lowest BCUT2D eigenvalue weighted by atomic mass is 9.96. The maximum absolute atomic E-state index is 8.87. The van der Waals surface area contributed by atoms with Gasteiger partial charge in [-0.1, -0.05) is 12.2 Å². The van der Waals surface area contributed by atoms with Gasteiger partial charge in [0.15, 0.2) is 0 Å². The molecule has 2 bridgehead atoms. The van der Waals surface area contributed by atoms with Crippen molar-refractivity contribution in [3.63, 3.8) is 0 Å². The highest BCUT2D eigenvalue weighted by atomic mass is 28.3. The van der Waals surface area contributed by atoms with Crippen LogP contribution >= 0.6 is 0 Å². The zero-order valence-corrected chi connectivity index (χ0v) is 7.40. The smallest absolute Gasteiger partial charge is 0.379 e. The normalized spacial score (nSPS) is 40.8. The highest BCUT2D eigenvalue weighted by Crippen LogP contribution is 2.45. The lowest BCUT2D eigenvalue weighted by Crippen LogP contribution is -2.19. The molecule has 61 valence electrons. The Hall–Kier alpha value is -0.123. The molecule has 0 spiro atoms. The van der Waals surface area contributed by atoms with Crippen LogP contribution < -0.4 is 0 Å². The molecule has 2 nitrogen and oxygen atoms in total. The molecule has 2 N–H and O–H groups in total. The van der Waals surface area contributed by atoms with E-state index in [0.717, 1.165) is 5.92 Å². The quantitative estimate of drug-likeness (QED) is 0.471. The number of fused-ring (bicyclic) bond motifs is 2. The van der Waals surface area contributed by atoms with E-state index in [9.17, 15) is 0 Å². The minimum absolute atomic E-state index is 0.578. The first-order chi connectivity index (χ1) is 5.25. The van der Waals surface area contributed by atoms with Crippen LogP contribution in [0, 0.1) is 17.8 Å². The fourth-order valence-electron chi connectivity index (χ4n) is 2.36. The average molecular weight is 169 g/mol. The fraction of sp³-hybridized carbons (Fsp3) is 0.750. The van der Waals surface area contributed by atoms with Crippen LogP contribution in [0.25, 0.3) is 0 Å². The van der Waals surface area contributed by atoms with E-state index in [1.165, 1.54) is 12.8 Å². The summed E-state index contributed by atoms with van der Waals surface area (Å²) in [5.74, 6) is 2.00. The van der Waals surface area contributed by atoms with Gasteiger partial charge in [0.25, 0.3) is 0 Å². The molecule has 0 saturated heterocycles. The maximum atomic E-state index is 8.87. The van der Waals surface area contributed by atoms with Crippen LogP contribution in [0.1, 0.15) is 12.8 Å². The van der Waals surface area contributed by atoms with Crippen molar-refractivity contribution in [1.82, 2.24) is 0 Å². The zero-order valence-electron chi connectivity index (χ0n) is 6.40. The topological polar surface area (TPSA) is 40.5 Å². The van der Waals surface area contributed by atoms with Crippen LogP contribution in [-0.4, -0.2) is 18.9 Å². The van der Waals surface area contributed by atoms with E-state index in [-0.39, 0.29) is 0 Å². The Balaban J connectivity index is 1.93. The molecule has 0 aromatic heterocycles. The lowest BCUT2D eigenvalue weighted by molar-refractivity contribution is 0.371. The van der Waals surface area contributed by atoms with Gasteiger partial charge in [0.05, 0.1) is 0 Å². The van der Waals surface area contributed by atoms with Gasteiger partial charge >= 0.3 is 9.28 Å². The van der Waals surface area contributed by atoms with Gasteiger partial charge in [-0.05, 0) is 36.6 Å². The Labute approximate surface area is 68.4 Å². The first-order valence-electron chi connectivity index (χ1n) is 4.18. The molecular formula is C8H13O2Si. The number of hydrogen-bond donors (Lipinski definition) is 2. The van der Waals surface area contributed by atoms with Crippen LogP contribution in [0.3, 0.4) is 0 Å². The van der Waals surface area contributed by atoms with Crippen molar-refractivity contribution in [3.05, 3.63) is 12.2 Å². The molecule has 11 heavy (non-hydrogen) atoms. The first kappa shape index (κ1) is 7.52. The molecule has 1 radical (unpaired) electrons. The summed E-state index contributed by atoms with van der Waals surface area (Å²) < 4.78 is 0. The van der Waals surface area contributed by atoms with Crippen molar-refractivity contribution in [3.8, 4) is 0 Å². The van der Waals surface area contributed by atoms with Gasteiger partial charge in [-0.25, -0.2) is 0 Å². The molecule has 0 amide bonds. The molecule has 1 fully saturated rings. The highest BCUT2D eigenvalue weighted by molar-refractivity contribution is 6.41. The summed E-state index contributed by atoms with van der Waals surface area (Å²) >= 11 is 0. The Bertz CT molecular complexity index is 179. The van der Waals surface area contributed by atoms with Crippen LogP contribution in [-0.2, 0) is 0 Å². The van der Waals surface area contributed by atoms with Gasteiger partial charge in [-0.15, -0.1) is 0 Å². The molecule has 0 aromatic rings. The largest absolute Gasteiger partial charge is 0.410 e. The second-order valence-electron chi connectivity index (χ2n) is 3.66. The summed E-state index contributed by atoms with van der Waals surface area (Å²) in [7, 11) is -1.97. The minimum atomic E-state index is -1.97. The van der Waals surface area contributed by atoms with E-state index < -0.39 is 9.28 Å². The van der Waals surface area contributed by atoms with E-state index in [0.29, 0.717) is 17.9 Å². The third kappa shape index (κ3) is 1.41. The average Bonchev–Trinajstić information content (AvgIpc) is 2.45. The third-order valence-corrected chi connectivity index (χ3v) is 3.75. The molecule has 0 aromatic carbocycles. The predicted molar refractivity (Wildman–Crippen MR) is 43.8 cm³/mol. The second-order valence-corrected chi connectivity index (χ2v) is 4.90. The fourth-order valence-corrected chi connectivity index (χ4v) is 3.30. The van der Waals surface area contributed by atoms with Crippen LogP contribution in [0.15, 0.2) is 12.2 Å². The van der Waals surface area contributed by atoms with Gasteiger partial charge in [0.2, 0.25) is 0 Å². The van der Waals surface area contributed by atoms with Crippen LogP contribution in [0.5, 0.6) is 0 Å². The Morgan fingerprint density at radius 3 is 2.55 bits per heavy atom. The molecule has 3 unspecified atom stereocenters. The van der Waals surface area contributed by atoms with Crippen molar-refractivity contribution in [2.75, 3.05) is 0 Å². The van der Waals surface area contributed by atoms with Gasteiger partial charge in [-0.3, -0.25) is 0 Å². The first-order valence-corrected chi connectivity index (χ1v) is 5.78. The number of hydrogen-bond acceptors (Lipinski definition) is 2. The molecule has 2 rings (SSSR count). The predicted octanol–water partition coefficient (Wildman–Crippen LogP) is 0.671. The third-order valence-electron chi connectivity index (χ3n) is 2.86. The monoisotopic (exact) mass is 169 g/mol. The van der Waals surface area contributed by atoms with Gasteiger partial charge < -0.3 is 9.59 Å². The standard InChI is InChI=1S/C8H13O2Si/c9-11(10)5-8-4-6-1-2-7(8)3-6/h1-2,6-10H,3-5H2. The van der Waals surface area contributed by atoms with Gasteiger partial charge in [0, 0.05) is 0 Å². The van der Waals surface area contributed by atoms with Gasteiger partial charge in [0.1, 0.15) is 0 Å². The summed E-state index contributed by atoms with van der Waals surface area (Å²) in [4.78, 5) is 17.7. The van der Waals surface area contributed by atoms with Crippen LogP contribution in [0.2, 0.25) is 6.04 Å². The summed E-state index contributed by atoms with van der Waals surface area (Å²) in [5.41, 5.74) is 0. The molecule has 0 aliphatic heterocycles. The Kier molecular flexibility index (Phi) is 1.87.